The first-order valence-electron chi connectivity index (χ1n) is 7.34. The van der Waals surface area contributed by atoms with Gasteiger partial charge in [-0.15, -0.1) is 0 Å². The molecule has 2 aromatic rings. The molecule has 0 heterocycles. The van der Waals surface area contributed by atoms with Gasteiger partial charge in [0.25, 0.3) is 0 Å². The first kappa shape index (κ1) is 14.5. The van der Waals surface area contributed by atoms with E-state index in [1.807, 2.05) is 19.1 Å². The lowest BCUT2D eigenvalue weighted by atomic mass is 9.78. The number of ether oxygens (including phenoxy) is 2. The Morgan fingerprint density at radius 3 is 2.71 bits per heavy atom. The smallest absolute Gasteiger partial charge is 0.161 e. The minimum absolute atomic E-state index is 0.506. The third kappa shape index (κ3) is 3.08. The van der Waals surface area contributed by atoms with Gasteiger partial charge in [0, 0.05) is 11.2 Å². The molecule has 3 rings (SSSR count). The molecule has 1 atom stereocenters. The number of rotatable bonds is 6. The topological polar surface area (TPSA) is 18.5 Å². The van der Waals surface area contributed by atoms with E-state index in [0.717, 1.165) is 23.2 Å². The van der Waals surface area contributed by atoms with Crippen molar-refractivity contribution in [3.05, 3.63) is 59.2 Å². The molecule has 0 fully saturated rings. The van der Waals surface area contributed by atoms with E-state index in [1.54, 1.807) is 0 Å². The van der Waals surface area contributed by atoms with E-state index in [2.05, 4.69) is 46.3 Å². The maximum Gasteiger partial charge on any atom is 0.161 e. The maximum absolute atomic E-state index is 6.01. The van der Waals surface area contributed by atoms with Crippen molar-refractivity contribution in [1.29, 1.82) is 0 Å². The summed E-state index contributed by atoms with van der Waals surface area (Å²) in [7, 11) is 0. The Kier molecular flexibility index (Phi) is 4.49. The largest absolute Gasteiger partial charge is 0.490 e. The van der Waals surface area contributed by atoms with Crippen molar-refractivity contribution < 1.29 is 9.47 Å². The van der Waals surface area contributed by atoms with Crippen molar-refractivity contribution in [3.63, 3.8) is 0 Å². The summed E-state index contributed by atoms with van der Waals surface area (Å²) in [5, 5.41) is 0.823. The molecule has 0 saturated heterocycles. The Morgan fingerprint density at radius 2 is 1.95 bits per heavy atom. The predicted octanol–water partition coefficient (Wildman–Crippen LogP) is 4.70. The van der Waals surface area contributed by atoms with Gasteiger partial charge < -0.3 is 9.47 Å². The summed E-state index contributed by atoms with van der Waals surface area (Å²) in [5.41, 5.74) is 4.07. The van der Waals surface area contributed by atoms with Gasteiger partial charge in [-0.3, -0.25) is 0 Å². The van der Waals surface area contributed by atoms with Crippen LogP contribution in [0.2, 0.25) is 0 Å². The van der Waals surface area contributed by atoms with Gasteiger partial charge >= 0.3 is 0 Å². The fraction of sp³-hybridized carbons (Fsp3) is 0.333. The van der Waals surface area contributed by atoms with Crippen LogP contribution in [0.5, 0.6) is 11.5 Å². The molecular weight excluding hydrogens is 328 g/mol. The molecule has 110 valence electrons. The normalized spacial score (nSPS) is 16.0. The molecule has 0 N–H and O–H groups in total. The summed E-state index contributed by atoms with van der Waals surface area (Å²) < 4.78 is 11.7. The van der Waals surface area contributed by atoms with Gasteiger partial charge in [-0.25, -0.2) is 0 Å². The number of halogens is 1. The van der Waals surface area contributed by atoms with E-state index in [1.165, 1.54) is 16.7 Å². The summed E-state index contributed by atoms with van der Waals surface area (Å²) in [6.45, 7) is 3.35. The Hall–Kier alpha value is -1.48. The van der Waals surface area contributed by atoms with Gasteiger partial charge in [0.05, 0.1) is 13.2 Å². The van der Waals surface area contributed by atoms with Crippen LogP contribution in [0.4, 0.5) is 0 Å². The fourth-order valence-electron chi connectivity index (χ4n) is 2.72. The molecule has 0 aliphatic heterocycles. The van der Waals surface area contributed by atoms with Crippen molar-refractivity contribution in [2.24, 2.45) is 0 Å². The minimum Gasteiger partial charge on any atom is -0.490 e. The lowest BCUT2D eigenvalue weighted by molar-refractivity contribution is 0.251. The highest BCUT2D eigenvalue weighted by atomic mass is 79.9. The van der Waals surface area contributed by atoms with Crippen LogP contribution in [0.25, 0.3) is 0 Å². The van der Waals surface area contributed by atoms with Crippen molar-refractivity contribution in [2.45, 2.75) is 24.6 Å². The van der Waals surface area contributed by atoms with E-state index in [-0.39, 0.29) is 0 Å². The van der Waals surface area contributed by atoms with Crippen molar-refractivity contribution in [1.82, 2.24) is 0 Å². The van der Waals surface area contributed by atoms with Gasteiger partial charge in [0.1, 0.15) is 0 Å². The lowest BCUT2D eigenvalue weighted by Crippen LogP contribution is -2.23. The van der Waals surface area contributed by atoms with E-state index in [9.17, 15) is 0 Å². The van der Waals surface area contributed by atoms with Crippen LogP contribution in [-0.2, 0) is 11.8 Å². The molecule has 1 aliphatic rings. The van der Waals surface area contributed by atoms with Crippen LogP contribution in [0.3, 0.4) is 0 Å². The number of alkyl halides is 1. The molecule has 2 nitrogen and oxygen atoms in total. The molecule has 2 aromatic carbocycles. The first-order chi connectivity index (χ1) is 10.3. The number of benzene rings is 2. The molecule has 0 saturated carbocycles. The molecule has 1 aliphatic carbocycles. The minimum atomic E-state index is 0.506. The second-order valence-electron chi connectivity index (χ2n) is 5.26. The van der Waals surface area contributed by atoms with Gasteiger partial charge in [0.2, 0.25) is 0 Å². The van der Waals surface area contributed by atoms with Crippen LogP contribution < -0.4 is 9.47 Å². The van der Waals surface area contributed by atoms with Gasteiger partial charge in [0.15, 0.2) is 11.5 Å². The monoisotopic (exact) mass is 346 g/mol. The van der Waals surface area contributed by atoms with Gasteiger partial charge in [-0.2, -0.15) is 0 Å². The van der Waals surface area contributed by atoms with Crippen LogP contribution in [0, 0.1) is 0 Å². The first-order valence-corrected chi connectivity index (χ1v) is 8.46. The van der Waals surface area contributed by atoms with E-state index in [4.69, 9.17) is 9.47 Å². The standard InChI is InChI=1S/C18H19BrO2/c1-2-20-18-9-13(11-19)7-8-17(18)21-12-15-10-14-5-3-4-6-16(14)15/h3-9,15H,2,10-12H2,1H3. The van der Waals surface area contributed by atoms with Crippen LogP contribution in [0.1, 0.15) is 29.5 Å². The quantitative estimate of drug-likeness (QED) is 0.706. The zero-order chi connectivity index (χ0) is 14.7. The van der Waals surface area contributed by atoms with E-state index < -0.39 is 0 Å². The molecule has 21 heavy (non-hydrogen) atoms. The number of fused-ring (bicyclic) bond motifs is 1. The lowest BCUT2D eigenvalue weighted by Gasteiger charge is -2.30. The number of hydrogen-bond donors (Lipinski definition) is 0. The molecule has 0 radical (unpaired) electrons. The molecule has 0 spiro atoms. The third-order valence-electron chi connectivity index (χ3n) is 3.86. The average molecular weight is 347 g/mol. The SMILES string of the molecule is CCOc1cc(CBr)ccc1OCC1Cc2ccccc21. The summed E-state index contributed by atoms with van der Waals surface area (Å²) in [6, 6.07) is 14.7. The van der Waals surface area contributed by atoms with Crippen molar-refractivity contribution in [2.75, 3.05) is 13.2 Å². The highest BCUT2D eigenvalue weighted by molar-refractivity contribution is 9.08. The molecule has 1 unspecified atom stereocenters. The second kappa shape index (κ2) is 6.52. The van der Waals surface area contributed by atoms with Crippen LogP contribution in [-0.4, -0.2) is 13.2 Å². The Bertz CT molecular complexity index is 624. The zero-order valence-electron chi connectivity index (χ0n) is 12.1. The Morgan fingerprint density at radius 1 is 1.10 bits per heavy atom. The predicted molar refractivity (Wildman–Crippen MR) is 88.6 cm³/mol. The summed E-state index contributed by atoms with van der Waals surface area (Å²) in [5.74, 6) is 2.18. The number of hydrogen-bond acceptors (Lipinski definition) is 2. The van der Waals surface area contributed by atoms with Crippen LogP contribution >= 0.6 is 15.9 Å². The maximum atomic E-state index is 6.01. The molecular formula is C18H19BrO2. The average Bonchev–Trinajstić information content (AvgIpc) is 2.49. The molecule has 0 amide bonds. The molecule has 0 bridgehead atoms. The van der Waals surface area contributed by atoms with Crippen molar-refractivity contribution in [3.8, 4) is 11.5 Å². The summed E-state index contributed by atoms with van der Waals surface area (Å²) >= 11 is 3.47. The summed E-state index contributed by atoms with van der Waals surface area (Å²) in [4.78, 5) is 0. The second-order valence-corrected chi connectivity index (χ2v) is 5.82. The van der Waals surface area contributed by atoms with Crippen molar-refractivity contribution >= 4 is 15.9 Å². The Labute approximate surface area is 134 Å². The molecule has 0 aromatic heterocycles. The highest BCUT2D eigenvalue weighted by Gasteiger charge is 2.26. The van der Waals surface area contributed by atoms with E-state index >= 15 is 0 Å². The zero-order valence-corrected chi connectivity index (χ0v) is 13.7. The van der Waals surface area contributed by atoms with E-state index in [0.29, 0.717) is 19.1 Å². The summed E-state index contributed by atoms with van der Waals surface area (Å²) in [6.07, 6.45) is 1.11. The Balaban J connectivity index is 1.68. The van der Waals surface area contributed by atoms with Gasteiger partial charge in [-0.05, 0) is 42.2 Å². The fourth-order valence-corrected chi connectivity index (χ4v) is 3.07. The highest BCUT2D eigenvalue weighted by Crippen LogP contribution is 2.36. The van der Waals surface area contributed by atoms with Gasteiger partial charge in [-0.1, -0.05) is 46.3 Å². The van der Waals surface area contributed by atoms with Crippen LogP contribution in [0.15, 0.2) is 42.5 Å². The third-order valence-corrected chi connectivity index (χ3v) is 4.51. The molecule has 3 heteroatoms.